The third-order valence-electron chi connectivity index (χ3n) is 5.14. The van der Waals surface area contributed by atoms with Crippen molar-refractivity contribution in [1.29, 1.82) is 0 Å². The highest BCUT2D eigenvalue weighted by Gasteiger charge is 2.35. The van der Waals surface area contributed by atoms with E-state index in [2.05, 4.69) is 11.5 Å². The zero-order valence-electron chi connectivity index (χ0n) is 13.1. The highest BCUT2D eigenvalue weighted by atomic mass is 35.5. The fourth-order valence-electron chi connectivity index (χ4n) is 3.97. The van der Waals surface area contributed by atoms with Crippen LogP contribution in [0.15, 0.2) is 12.7 Å². The van der Waals surface area contributed by atoms with Crippen molar-refractivity contribution in [1.82, 2.24) is 4.90 Å². The Bertz CT molecular complexity index is 329. The molecule has 0 heterocycles. The van der Waals surface area contributed by atoms with E-state index in [4.69, 9.17) is 5.73 Å². The first-order valence-corrected chi connectivity index (χ1v) is 8.36. The zero-order valence-corrected chi connectivity index (χ0v) is 14.0. The van der Waals surface area contributed by atoms with Crippen molar-refractivity contribution < 1.29 is 4.79 Å². The van der Waals surface area contributed by atoms with E-state index in [0.29, 0.717) is 30.8 Å². The molecular formula is C17H31ClN2O. The minimum atomic E-state index is 0. The van der Waals surface area contributed by atoms with Gasteiger partial charge < -0.3 is 10.6 Å². The molecule has 0 spiro atoms. The van der Waals surface area contributed by atoms with E-state index < -0.39 is 0 Å². The second-order valence-corrected chi connectivity index (χ2v) is 6.57. The number of hydrogen-bond donors (Lipinski definition) is 1. The first-order valence-electron chi connectivity index (χ1n) is 8.36. The molecule has 2 fully saturated rings. The first kappa shape index (κ1) is 18.5. The molecule has 4 heteroatoms. The van der Waals surface area contributed by atoms with Crippen LogP contribution < -0.4 is 5.73 Å². The summed E-state index contributed by atoms with van der Waals surface area (Å²) in [6, 6.07) is 0. The summed E-state index contributed by atoms with van der Waals surface area (Å²) in [4.78, 5) is 14.9. The van der Waals surface area contributed by atoms with E-state index in [9.17, 15) is 4.79 Å². The third kappa shape index (κ3) is 5.00. The molecule has 0 unspecified atom stereocenters. The third-order valence-corrected chi connectivity index (χ3v) is 5.14. The van der Waals surface area contributed by atoms with E-state index in [1.54, 1.807) is 0 Å². The first-order chi connectivity index (χ1) is 9.76. The summed E-state index contributed by atoms with van der Waals surface area (Å²) in [5.41, 5.74) is 5.83. The van der Waals surface area contributed by atoms with Crippen LogP contribution in [0.3, 0.4) is 0 Å². The average Bonchev–Trinajstić information content (AvgIpc) is 2.95. The van der Waals surface area contributed by atoms with Gasteiger partial charge in [-0.15, -0.1) is 19.0 Å². The van der Waals surface area contributed by atoms with Crippen LogP contribution in [-0.4, -0.2) is 30.4 Å². The van der Waals surface area contributed by atoms with Gasteiger partial charge in [-0.2, -0.15) is 0 Å². The minimum Gasteiger partial charge on any atom is -0.338 e. The number of carbonyl (C=O) groups excluding carboxylic acids is 1. The lowest BCUT2D eigenvalue weighted by molar-refractivity contribution is -0.136. The Morgan fingerprint density at radius 1 is 1.14 bits per heavy atom. The molecule has 2 atom stereocenters. The number of hydrogen-bond acceptors (Lipinski definition) is 2. The maximum Gasteiger partial charge on any atom is 0.226 e. The maximum absolute atomic E-state index is 12.8. The summed E-state index contributed by atoms with van der Waals surface area (Å²) in [7, 11) is 0. The number of halogens is 1. The molecule has 0 aromatic rings. The van der Waals surface area contributed by atoms with Crippen molar-refractivity contribution in [3.8, 4) is 0 Å². The molecule has 2 rings (SSSR count). The van der Waals surface area contributed by atoms with Crippen molar-refractivity contribution in [3.05, 3.63) is 12.7 Å². The summed E-state index contributed by atoms with van der Waals surface area (Å²) >= 11 is 0. The van der Waals surface area contributed by atoms with Crippen LogP contribution in [0.4, 0.5) is 0 Å². The summed E-state index contributed by atoms with van der Waals surface area (Å²) < 4.78 is 0. The topological polar surface area (TPSA) is 46.3 Å². The van der Waals surface area contributed by atoms with E-state index in [1.165, 1.54) is 32.1 Å². The van der Waals surface area contributed by atoms with Crippen LogP contribution in [0.1, 0.15) is 51.4 Å². The average molecular weight is 315 g/mol. The Balaban J connectivity index is 0.00000220. The largest absolute Gasteiger partial charge is 0.338 e. The quantitative estimate of drug-likeness (QED) is 0.764. The normalized spacial score (nSPS) is 26.1. The second-order valence-electron chi connectivity index (χ2n) is 6.57. The summed E-state index contributed by atoms with van der Waals surface area (Å²) in [5, 5.41) is 0. The number of rotatable bonds is 6. The molecule has 21 heavy (non-hydrogen) atoms. The Hall–Kier alpha value is -0.540. The molecule has 2 N–H and O–H groups in total. The van der Waals surface area contributed by atoms with Crippen LogP contribution in [-0.2, 0) is 4.79 Å². The van der Waals surface area contributed by atoms with Crippen LogP contribution >= 0.6 is 12.4 Å². The molecule has 0 aliphatic heterocycles. The molecule has 0 aromatic heterocycles. The Kier molecular flexibility index (Phi) is 8.35. The Labute approximate surface area is 135 Å². The maximum atomic E-state index is 12.8. The summed E-state index contributed by atoms with van der Waals surface area (Å²) in [6.07, 6.45) is 11.8. The van der Waals surface area contributed by atoms with Gasteiger partial charge in [0, 0.05) is 19.0 Å². The molecule has 3 nitrogen and oxygen atoms in total. The molecule has 2 saturated carbocycles. The van der Waals surface area contributed by atoms with Crippen molar-refractivity contribution in [3.63, 3.8) is 0 Å². The Morgan fingerprint density at radius 3 is 2.48 bits per heavy atom. The van der Waals surface area contributed by atoms with Gasteiger partial charge in [-0.25, -0.2) is 0 Å². The van der Waals surface area contributed by atoms with Gasteiger partial charge in [-0.05, 0) is 44.1 Å². The fourth-order valence-corrected chi connectivity index (χ4v) is 3.97. The lowest BCUT2D eigenvalue weighted by Gasteiger charge is -2.32. The van der Waals surface area contributed by atoms with Gasteiger partial charge >= 0.3 is 0 Å². The monoisotopic (exact) mass is 314 g/mol. The highest BCUT2D eigenvalue weighted by molar-refractivity contribution is 5.85. The molecule has 1 amide bonds. The lowest BCUT2D eigenvalue weighted by Crippen LogP contribution is -2.42. The highest BCUT2D eigenvalue weighted by Crippen LogP contribution is 2.33. The van der Waals surface area contributed by atoms with E-state index in [0.717, 1.165) is 25.8 Å². The van der Waals surface area contributed by atoms with Gasteiger partial charge in [0.25, 0.3) is 0 Å². The van der Waals surface area contributed by atoms with Crippen LogP contribution in [0, 0.1) is 17.8 Å². The van der Waals surface area contributed by atoms with Gasteiger partial charge in [-0.1, -0.05) is 31.8 Å². The molecular weight excluding hydrogens is 284 g/mol. The smallest absolute Gasteiger partial charge is 0.226 e. The number of nitrogens with two attached hydrogens (primary N) is 1. The number of carbonyl (C=O) groups is 1. The van der Waals surface area contributed by atoms with Crippen LogP contribution in [0.5, 0.6) is 0 Å². The van der Waals surface area contributed by atoms with Gasteiger partial charge in [0.15, 0.2) is 0 Å². The molecule has 0 saturated heterocycles. The second kappa shape index (κ2) is 9.47. The molecule has 0 aromatic carbocycles. The van der Waals surface area contributed by atoms with Crippen molar-refractivity contribution >= 4 is 18.3 Å². The van der Waals surface area contributed by atoms with Crippen molar-refractivity contribution in [2.45, 2.75) is 51.4 Å². The summed E-state index contributed by atoms with van der Waals surface area (Å²) in [5.74, 6) is 1.61. The van der Waals surface area contributed by atoms with E-state index >= 15 is 0 Å². The van der Waals surface area contributed by atoms with Gasteiger partial charge in [0.05, 0.1) is 0 Å². The molecule has 0 radical (unpaired) electrons. The molecule has 0 bridgehead atoms. The van der Waals surface area contributed by atoms with Crippen LogP contribution in [0.25, 0.3) is 0 Å². The number of nitrogens with zero attached hydrogens (tertiary/aromatic N) is 1. The lowest BCUT2D eigenvalue weighted by atomic mass is 9.88. The fraction of sp³-hybridized carbons (Fsp3) is 0.824. The summed E-state index contributed by atoms with van der Waals surface area (Å²) in [6.45, 7) is 6.10. The minimum absolute atomic E-state index is 0. The van der Waals surface area contributed by atoms with Gasteiger partial charge in [0.2, 0.25) is 5.91 Å². The zero-order chi connectivity index (χ0) is 14.4. The predicted molar refractivity (Wildman–Crippen MR) is 90.5 cm³/mol. The Morgan fingerprint density at radius 2 is 1.86 bits per heavy atom. The predicted octanol–water partition coefficient (Wildman–Crippen LogP) is 3.38. The SMILES string of the molecule is C=CCN(CC1CCCCC1)C(=O)[C@@H]1CCC[C@@H]1CN.Cl. The van der Waals surface area contributed by atoms with E-state index in [1.807, 2.05) is 6.08 Å². The van der Waals surface area contributed by atoms with E-state index in [-0.39, 0.29) is 18.3 Å². The van der Waals surface area contributed by atoms with Gasteiger partial charge in [0.1, 0.15) is 0 Å². The van der Waals surface area contributed by atoms with Crippen LogP contribution in [0.2, 0.25) is 0 Å². The molecule has 2 aliphatic rings. The number of amides is 1. The standard InChI is InChI=1S/C17H30N2O.ClH/c1-2-11-19(13-14-7-4-3-5-8-14)17(20)16-10-6-9-15(16)12-18;/h2,14-16H,1,3-13,18H2;1H/t15-,16-;/m1./s1. The van der Waals surface area contributed by atoms with Crippen molar-refractivity contribution in [2.75, 3.05) is 19.6 Å². The molecule has 122 valence electrons. The molecule has 2 aliphatic carbocycles. The van der Waals surface area contributed by atoms with Crippen molar-refractivity contribution in [2.24, 2.45) is 23.5 Å². The van der Waals surface area contributed by atoms with Gasteiger partial charge in [-0.3, -0.25) is 4.79 Å².